The Morgan fingerprint density at radius 3 is 2.67 bits per heavy atom. The summed E-state index contributed by atoms with van der Waals surface area (Å²) in [5, 5.41) is 11.7. The number of carbonyl (C=O) groups is 1. The largest absolute Gasteiger partial charge is 0.805 e. The van der Waals surface area contributed by atoms with Crippen LogP contribution in [0.25, 0.3) is 0 Å². The minimum absolute atomic E-state index is 0.0263. The molecule has 4 heteroatoms. The SMILES string of the molecule is COC(=O)CC(C)C1([O-])C[S+]1C. The molecule has 1 fully saturated rings. The first kappa shape index (κ1) is 9.86. The Balaban J connectivity index is 2.39. The first-order valence-electron chi connectivity index (χ1n) is 3.90. The average molecular weight is 190 g/mol. The number of ether oxygens (including phenoxy) is 1. The predicted molar refractivity (Wildman–Crippen MR) is 46.7 cm³/mol. The van der Waals surface area contributed by atoms with Gasteiger partial charge in [0, 0.05) is 5.92 Å². The van der Waals surface area contributed by atoms with E-state index in [-0.39, 0.29) is 29.2 Å². The van der Waals surface area contributed by atoms with E-state index in [0.29, 0.717) is 0 Å². The van der Waals surface area contributed by atoms with Crippen LogP contribution in [0.5, 0.6) is 0 Å². The molecule has 0 bridgehead atoms. The number of hydrogen-bond donors (Lipinski definition) is 0. The van der Waals surface area contributed by atoms with E-state index in [9.17, 15) is 9.90 Å². The van der Waals surface area contributed by atoms with E-state index < -0.39 is 4.93 Å². The van der Waals surface area contributed by atoms with Gasteiger partial charge in [0.2, 0.25) is 0 Å². The molecule has 0 aromatic heterocycles. The number of hydrogen-bond acceptors (Lipinski definition) is 3. The number of esters is 1. The highest BCUT2D eigenvalue weighted by molar-refractivity contribution is 8.04. The van der Waals surface area contributed by atoms with Crippen molar-refractivity contribution < 1.29 is 14.6 Å². The zero-order chi connectivity index (χ0) is 9.35. The van der Waals surface area contributed by atoms with Crippen LogP contribution in [-0.2, 0) is 20.4 Å². The summed E-state index contributed by atoms with van der Waals surface area (Å²) in [5.41, 5.74) is 0. The van der Waals surface area contributed by atoms with Gasteiger partial charge < -0.3 is 9.84 Å². The Kier molecular flexibility index (Phi) is 2.68. The van der Waals surface area contributed by atoms with Crippen LogP contribution in [0.1, 0.15) is 13.3 Å². The van der Waals surface area contributed by atoms with Crippen LogP contribution in [0.15, 0.2) is 0 Å². The van der Waals surface area contributed by atoms with Crippen molar-refractivity contribution in [3.8, 4) is 0 Å². The summed E-state index contributed by atoms with van der Waals surface area (Å²) in [6.07, 6.45) is 2.22. The fraction of sp³-hybridized carbons (Fsp3) is 0.875. The molecule has 0 aromatic carbocycles. The summed E-state index contributed by atoms with van der Waals surface area (Å²) < 4.78 is 4.50. The molecular weight excluding hydrogens is 176 g/mol. The Morgan fingerprint density at radius 2 is 2.33 bits per heavy atom. The lowest BCUT2D eigenvalue weighted by Gasteiger charge is -2.20. The Morgan fingerprint density at radius 1 is 1.83 bits per heavy atom. The van der Waals surface area contributed by atoms with Crippen LogP contribution >= 0.6 is 0 Å². The van der Waals surface area contributed by atoms with E-state index in [1.165, 1.54) is 7.11 Å². The van der Waals surface area contributed by atoms with Crippen LogP contribution < -0.4 is 5.11 Å². The minimum atomic E-state index is -0.825. The standard InChI is InChI=1S/C8H14O3S/c1-6(4-7(9)11-2)8(10)5-12(8)3/h6H,4-5H2,1-3H3. The van der Waals surface area contributed by atoms with Gasteiger partial charge in [0.15, 0.2) is 0 Å². The van der Waals surface area contributed by atoms with Gasteiger partial charge in [0.25, 0.3) is 0 Å². The van der Waals surface area contributed by atoms with E-state index in [0.717, 1.165) is 5.75 Å². The van der Waals surface area contributed by atoms with Crippen molar-refractivity contribution in [2.45, 2.75) is 18.3 Å². The Labute approximate surface area is 75.4 Å². The molecule has 0 aliphatic carbocycles. The van der Waals surface area contributed by atoms with Crippen LogP contribution in [0.3, 0.4) is 0 Å². The third-order valence-corrected chi connectivity index (χ3v) is 4.61. The van der Waals surface area contributed by atoms with Crippen molar-refractivity contribution in [3.63, 3.8) is 0 Å². The van der Waals surface area contributed by atoms with Crippen molar-refractivity contribution in [2.75, 3.05) is 19.1 Å². The molecule has 1 aliphatic heterocycles. The van der Waals surface area contributed by atoms with E-state index in [2.05, 4.69) is 4.74 Å². The average Bonchev–Trinajstić information content (AvgIpc) is 2.61. The molecule has 12 heavy (non-hydrogen) atoms. The molecule has 0 radical (unpaired) electrons. The fourth-order valence-electron chi connectivity index (χ4n) is 1.25. The molecule has 1 heterocycles. The maximum atomic E-state index is 11.7. The zero-order valence-electron chi connectivity index (χ0n) is 7.62. The van der Waals surface area contributed by atoms with E-state index in [1.54, 1.807) is 0 Å². The lowest BCUT2D eigenvalue weighted by atomic mass is 10.0. The second-order valence-electron chi connectivity index (χ2n) is 3.27. The molecule has 70 valence electrons. The minimum Gasteiger partial charge on any atom is -0.805 e. The van der Waals surface area contributed by atoms with Gasteiger partial charge in [-0.25, -0.2) is 0 Å². The second-order valence-corrected chi connectivity index (χ2v) is 5.53. The van der Waals surface area contributed by atoms with Gasteiger partial charge in [-0.2, -0.15) is 0 Å². The van der Waals surface area contributed by atoms with Gasteiger partial charge >= 0.3 is 5.97 Å². The van der Waals surface area contributed by atoms with E-state index in [1.807, 2.05) is 13.2 Å². The summed E-state index contributed by atoms with van der Waals surface area (Å²) in [4.78, 5) is 10.0. The highest BCUT2D eigenvalue weighted by Gasteiger charge is 2.57. The number of methoxy groups -OCH3 is 1. The summed E-state index contributed by atoms with van der Waals surface area (Å²) >= 11 is 0. The molecule has 3 atom stereocenters. The maximum absolute atomic E-state index is 11.7. The van der Waals surface area contributed by atoms with Crippen molar-refractivity contribution >= 4 is 16.9 Å². The van der Waals surface area contributed by atoms with Crippen molar-refractivity contribution in [1.29, 1.82) is 0 Å². The van der Waals surface area contributed by atoms with Gasteiger partial charge in [0.1, 0.15) is 10.7 Å². The van der Waals surface area contributed by atoms with Crippen LogP contribution in [0.4, 0.5) is 0 Å². The third kappa shape index (κ3) is 1.75. The van der Waals surface area contributed by atoms with Crippen LogP contribution in [-0.4, -0.2) is 30.0 Å². The third-order valence-electron chi connectivity index (χ3n) is 2.37. The van der Waals surface area contributed by atoms with Gasteiger partial charge in [0.05, 0.1) is 19.8 Å². The van der Waals surface area contributed by atoms with Crippen molar-refractivity contribution in [3.05, 3.63) is 0 Å². The normalized spacial score (nSPS) is 35.8. The maximum Gasteiger partial charge on any atom is 0.305 e. The fourth-order valence-corrected chi connectivity index (χ4v) is 3.20. The quantitative estimate of drug-likeness (QED) is 0.342. The molecule has 3 nitrogen and oxygen atoms in total. The molecule has 0 saturated carbocycles. The molecule has 1 rings (SSSR count). The molecular formula is C8H14O3S. The highest BCUT2D eigenvalue weighted by atomic mass is 32.2. The van der Waals surface area contributed by atoms with Crippen molar-refractivity contribution in [2.24, 2.45) is 5.92 Å². The smallest absolute Gasteiger partial charge is 0.305 e. The lowest BCUT2D eigenvalue weighted by molar-refractivity contribution is -0.431. The molecule has 0 spiro atoms. The van der Waals surface area contributed by atoms with Crippen molar-refractivity contribution in [1.82, 2.24) is 0 Å². The second kappa shape index (κ2) is 3.26. The lowest BCUT2D eigenvalue weighted by Crippen LogP contribution is -2.39. The molecule has 1 saturated heterocycles. The molecule has 3 unspecified atom stereocenters. The predicted octanol–water partition coefficient (Wildman–Crippen LogP) is -0.496. The highest BCUT2D eigenvalue weighted by Crippen LogP contribution is 2.39. The molecule has 1 aliphatic rings. The monoisotopic (exact) mass is 190 g/mol. The van der Waals surface area contributed by atoms with Gasteiger partial charge in [-0.15, -0.1) is 0 Å². The number of rotatable bonds is 3. The van der Waals surface area contributed by atoms with Gasteiger partial charge in [-0.3, -0.25) is 4.79 Å². The zero-order valence-corrected chi connectivity index (χ0v) is 8.44. The molecule has 0 N–H and O–H groups in total. The molecule has 0 amide bonds. The summed E-state index contributed by atoms with van der Waals surface area (Å²) in [6.45, 7) is 1.83. The summed E-state index contributed by atoms with van der Waals surface area (Å²) in [7, 11) is 1.33. The van der Waals surface area contributed by atoms with Crippen LogP contribution in [0.2, 0.25) is 0 Å². The van der Waals surface area contributed by atoms with E-state index >= 15 is 0 Å². The molecule has 0 aromatic rings. The Bertz CT molecular complexity index is 195. The number of carbonyl (C=O) groups excluding carboxylic acids is 1. The van der Waals surface area contributed by atoms with Crippen LogP contribution in [0, 0.1) is 5.92 Å². The summed E-state index contributed by atoms with van der Waals surface area (Å²) in [5.74, 6) is 0.366. The Hall–Kier alpha value is -0.220. The van der Waals surface area contributed by atoms with Gasteiger partial charge in [-0.05, 0) is 10.9 Å². The van der Waals surface area contributed by atoms with Gasteiger partial charge in [-0.1, -0.05) is 6.92 Å². The summed E-state index contributed by atoms with van der Waals surface area (Å²) in [6, 6.07) is 0. The first-order chi connectivity index (χ1) is 5.50. The topological polar surface area (TPSA) is 49.4 Å². The van der Waals surface area contributed by atoms with E-state index in [4.69, 9.17) is 0 Å². The first-order valence-corrected chi connectivity index (χ1v) is 5.71.